The molecule has 1 nitrogen and oxygen atoms in total. The molecule has 1 N–H and O–H groups in total. The lowest BCUT2D eigenvalue weighted by atomic mass is 10.1. The van der Waals surface area contributed by atoms with E-state index >= 15 is 0 Å². The van der Waals surface area contributed by atoms with Crippen molar-refractivity contribution in [3.63, 3.8) is 0 Å². The fourth-order valence-electron chi connectivity index (χ4n) is 0.903. The van der Waals surface area contributed by atoms with Crippen molar-refractivity contribution in [3.05, 3.63) is 0 Å². The molecule has 0 aromatic carbocycles. The molecule has 1 fully saturated rings. The largest absolute Gasteiger partial charge is 0.390 e. The summed E-state index contributed by atoms with van der Waals surface area (Å²) in [7, 11) is 0. The van der Waals surface area contributed by atoms with Gasteiger partial charge in [0.15, 0.2) is 0 Å². The van der Waals surface area contributed by atoms with E-state index in [9.17, 15) is 17.6 Å². The predicted octanol–water partition coefficient (Wildman–Crippen LogP) is 2.19. The minimum Gasteiger partial charge on any atom is -0.390 e. The van der Waals surface area contributed by atoms with E-state index in [1.54, 1.807) is 0 Å². The normalized spacial score (nSPS) is 21.5. The maximum absolute atomic E-state index is 12.2. The number of aliphatic hydroxyl groups is 1. The second-order valence-electron chi connectivity index (χ2n) is 3.29. The van der Waals surface area contributed by atoms with Crippen molar-refractivity contribution in [2.24, 2.45) is 0 Å². The molecule has 0 atom stereocenters. The highest BCUT2D eigenvalue weighted by atomic mass is 19.3. The highest BCUT2D eigenvalue weighted by Crippen LogP contribution is 2.42. The van der Waals surface area contributed by atoms with E-state index in [0.717, 1.165) is 0 Å². The lowest BCUT2D eigenvalue weighted by Crippen LogP contribution is -2.28. The van der Waals surface area contributed by atoms with E-state index in [4.69, 9.17) is 5.11 Å². The Morgan fingerprint density at radius 2 is 1.83 bits per heavy atom. The van der Waals surface area contributed by atoms with Gasteiger partial charge >= 0.3 is 12.3 Å². The van der Waals surface area contributed by atoms with Crippen LogP contribution in [0.1, 0.15) is 25.7 Å². The number of rotatable bonds is 4. The van der Waals surface area contributed by atoms with E-state index in [1.807, 2.05) is 0 Å². The summed E-state index contributed by atoms with van der Waals surface area (Å²) >= 11 is 0. The molecule has 0 radical (unpaired) electrons. The summed E-state index contributed by atoms with van der Waals surface area (Å²) < 4.78 is 47.6. The SMILES string of the molecule is OC1(CCC(F)(F)C(F)F)CC1. The third-order valence-electron chi connectivity index (χ3n) is 2.07. The average molecular weight is 186 g/mol. The van der Waals surface area contributed by atoms with Crippen LogP contribution in [0.2, 0.25) is 0 Å². The molecular weight excluding hydrogens is 176 g/mol. The summed E-state index contributed by atoms with van der Waals surface area (Å²) in [6.45, 7) is 0. The molecule has 0 aromatic rings. The van der Waals surface area contributed by atoms with Crippen LogP contribution in [-0.4, -0.2) is 23.1 Å². The van der Waals surface area contributed by atoms with Gasteiger partial charge in [0.2, 0.25) is 0 Å². The van der Waals surface area contributed by atoms with Crippen LogP contribution >= 0.6 is 0 Å². The first-order valence-electron chi connectivity index (χ1n) is 3.74. The summed E-state index contributed by atoms with van der Waals surface area (Å²) in [4.78, 5) is 0. The van der Waals surface area contributed by atoms with Gasteiger partial charge in [0.05, 0.1) is 5.60 Å². The maximum Gasteiger partial charge on any atom is 0.307 e. The smallest absolute Gasteiger partial charge is 0.307 e. The average Bonchev–Trinajstić information content (AvgIpc) is 2.66. The maximum atomic E-state index is 12.2. The molecule has 0 aliphatic heterocycles. The van der Waals surface area contributed by atoms with Gasteiger partial charge in [0.1, 0.15) is 0 Å². The van der Waals surface area contributed by atoms with Crippen LogP contribution in [0.4, 0.5) is 17.6 Å². The summed E-state index contributed by atoms with van der Waals surface area (Å²) in [6, 6.07) is 0. The van der Waals surface area contributed by atoms with Gasteiger partial charge in [-0.3, -0.25) is 0 Å². The lowest BCUT2D eigenvalue weighted by Gasteiger charge is -2.16. The molecule has 5 heteroatoms. The topological polar surface area (TPSA) is 20.2 Å². The van der Waals surface area contributed by atoms with Crippen molar-refractivity contribution in [2.75, 3.05) is 0 Å². The Morgan fingerprint density at radius 3 is 2.17 bits per heavy atom. The van der Waals surface area contributed by atoms with E-state index in [0.29, 0.717) is 12.8 Å². The van der Waals surface area contributed by atoms with E-state index in [2.05, 4.69) is 0 Å². The Hall–Kier alpha value is -0.320. The molecule has 1 aliphatic carbocycles. The molecule has 0 unspecified atom stereocenters. The van der Waals surface area contributed by atoms with E-state index < -0.39 is 24.4 Å². The zero-order valence-corrected chi connectivity index (χ0v) is 6.36. The number of halogens is 4. The minimum absolute atomic E-state index is 0.232. The molecule has 72 valence electrons. The molecule has 0 spiro atoms. The quantitative estimate of drug-likeness (QED) is 0.667. The zero-order valence-electron chi connectivity index (χ0n) is 6.36. The number of hydrogen-bond donors (Lipinski definition) is 1. The van der Waals surface area contributed by atoms with Gasteiger partial charge in [-0.15, -0.1) is 0 Å². The van der Waals surface area contributed by atoms with Gasteiger partial charge in [0.25, 0.3) is 0 Å². The number of alkyl halides is 4. The van der Waals surface area contributed by atoms with Crippen LogP contribution in [0.25, 0.3) is 0 Å². The summed E-state index contributed by atoms with van der Waals surface area (Å²) in [5.74, 6) is -3.95. The van der Waals surface area contributed by atoms with Crippen LogP contribution in [-0.2, 0) is 0 Å². The molecule has 0 bridgehead atoms. The van der Waals surface area contributed by atoms with Crippen LogP contribution in [0.15, 0.2) is 0 Å². The van der Waals surface area contributed by atoms with Crippen LogP contribution < -0.4 is 0 Å². The Balaban J connectivity index is 2.30. The zero-order chi connectivity index (χ0) is 9.41. The van der Waals surface area contributed by atoms with Gasteiger partial charge in [0, 0.05) is 6.42 Å². The molecule has 1 rings (SSSR count). The molecule has 0 saturated heterocycles. The Bertz CT molecular complexity index is 165. The minimum atomic E-state index is -3.95. The highest BCUT2D eigenvalue weighted by Gasteiger charge is 2.46. The Morgan fingerprint density at radius 1 is 1.33 bits per heavy atom. The Labute approximate surface area is 67.4 Å². The third-order valence-corrected chi connectivity index (χ3v) is 2.07. The molecule has 1 saturated carbocycles. The summed E-state index contributed by atoms with van der Waals surface area (Å²) in [5.41, 5.74) is -1.07. The first-order valence-corrected chi connectivity index (χ1v) is 3.74. The van der Waals surface area contributed by atoms with Gasteiger partial charge in [-0.2, -0.15) is 0 Å². The lowest BCUT2D eigenvalue weighted by molar-refractivity contribution is -0.138. The fourth-order valence-corrected chi connectivity index (χ4v) is 0.903. The molecule has 1 aliphatic rings. The first kappa shape index (κ1) is 9.77. The van der Waals surface area contributed by atoms with E-state index in [-0.39, 0.29) is 6.42 Å². The molecular formula is C7H10F4O. The second kappa shape index (κ2) is 2.87. The van der Waals surface area contributed by atoms with Gasteiger partial charge in [-0.05, 0) is 19.3 Å². The Kier molecular flexibility index (Phi) is 2.33. The van der Waals surface area contributed by atoms with Crippen molar-refractivity contribution < 1.29 is 22.7 Å². The first-order chi connectivity index (χ1) is 5.36. The van der Waals surface area contributed by atoms with Gasteiger partial charge in [-0.1, -0.05) is 0 Å². The second-order valence-corrected chi connectivity index (χ2v) is 3.29. The third kappa shape index (κ3) is 2.33. The standard InChI is InChI=1S/C7H10F4O/c8-5(9)7(10,11)4-3-6(12)1-2-6/h5,12H,1-4H2. The van der Waals surface area contributed by atoms with Crippen LogP contribution in [0.5, 0.6) is 0 Å². The van der Waals surface area contributed by atoms with Crippen LogP contribution in [0, 0.1) is 0 Å². The molecule has 0 amide bonds. The van der Waals surface area contributed by atoms with Gasteiger partial charge < -0.3 is 5.11 Å². The molecule has 0 heterocycles. The van der Waals surface area contributed by atoms with Gasteiger partial charge in [-0.25, -0.2) is 17.6 Å². The van der Waals surface area contributed by atoms with E-state index in [1.165, 1.54) is 0 Å². The summed E-state index contributed by atoms with van der Waals surface area (Å²) in [5, 5.41) is 9.10. The van der Waals surface area contributed by atoms with Crippen molar-refractivity contribution in [3.8, 4) is 0 Å². The van der Waals surface area contributed by atoms with Crippen molar-refractivity contribution in [2.45, 2.75) is 43.6 Å². The van der Waals surface area contributed by atoms with Crippen molar-refractivity contribution in [1.29, 1.82) is 0 Å². The molecule has 12 heavy (non-hydrogen) atoms. The molecule has 0 aromatic heterocycles. The monoisotopic (exact) mass is 186 g/mol. The van der Waals surface area contributed by atoms with Crippen LogP contribution in [0.3, 0.4) is 0 Å². The number of hydrogen-bond acceptors (Lipinski definition) is 1. The summed E-state index contributed by atoms with van der Waals surface area (Å²) in [6.07, 6.45) is -3.88. The fraction of sp³-hybridized carbons (Fsp3) is 1.00. The van der Waals surface area contributed by atoms with Crippen molar-refractivity contribution in [1.82, 2.24) is 0 Å². The predicted molar refractivity (Wildman–Crippen MR) is 34.4 cm³/mol. The van der Waals surface area contributed by atoms with Crippen molar-refractivity contribution >= 4 is 0 Å². The highest BCUT2D eigenvalue weighted by molar-refractivity contribution is 4.94.